The van der Waals surface area contributed by atoms with Gasteiger partial charge in [-0.25, -0.2) is 4.79 Å². The summed E-state index contributed by atoms with van der Waals surface area (Å²) in [6.07, 6.45) is 3.25. The Balaban J connectivity index is 1.79. The second kappa shape index (κ2) is 4.90. The van der Waals surface area contributed by atoms with Gasteiger partial charge < -0.3 is 14.6 Å². The Bertz CT molecular complexity index is 607. The second-order valence-corrected chi connectivity index (χ2v) is 7.39. The number of carbonyl (C=O) groups is 1. The van der Waals surface area contributed by atoms with E-state index in [1.54, 1.807) is 6.07 Å². The first kappa shape index (κ1) is 15.2. The van der Waals surface area contributed by atoms with Crippen LogP contribution in [-0.4, -0.2) is 24.3 Å². The summed E-state index contributed by atoms with van der Waals surface area (Å²) in [7, 11) is 1.46. The summed E-state index contributed by atoms with van der Waals surface area (Å²) in [6, 6.07) is 4.56. The van der Waals surface area contributed by atoms with Crippen LogP contribution in [0.3, 0.4) is 0 Å². The van der Waals surface area contributed by atoms with Crippen molar-refractivity contribution >= 4 is 5.97 Å². The minimum Gasteiger partial charge on any atom is -0.504 e. The maximum atomic E-state index is 12.5. The van der Waals surface area contributed by atoms with Crippen LogP contribution in [0.4, 0.5) is 0 Å². The third kappa shape index (κ3) is 2.00. The summed E-state index contributed by atoms with van der Waals surface area (Å²) in [5.41, 5.74) is 0.678. The molecule has 0 aromatic heterocycles. The fourth-order valence-corrected chi connectivity index (χ4v) is 4.31. The lowest BCUT2D eigenvalue weighted by Gasteiger charge is -2.38. The maximum absolute atomic E-state index is 12.5. The van der Waals surface area contributed by atoms with Crippen LogP contribution in [0, 0.1) is 16.7 Å². The molecule has 3 rings (SSSR count). The first-order chi connectivity index (χ1) is 10.3. The Morgan fingerprint density at radius 1 is 1.32 bits per heavy atom. The molecule has 0 radical (unpaired) electrons. The van der Waals surface area contributed by atoms with Crippen LogP contribution >= 0.6 is 0 Å². The Morgan fingerprint density at radius 2 is 2.05 bits per heavy atom. The molecule has 1 aromatic carbocycles. The number of aromatic hydroxyl groups is 1. The SMILES string of the molecule is COc1cc(C(=O)O[C@H]2C[C@H]3CC[C@]2(C)C3(C)C)ccc1O. The number of phenolic OH excluding ortho intramolecular Hbond substituents is 1. The van der Waals surface area contributed by atoms with Crippen molar-refractivity contribution in [3.05, 3.63) is 23.8 Å². The molecular weight excluding hydrogens is 280 g/mol. The van der Waals surface area contributed by atoms with Crippen LogP contribution in [0.2, 0.25) is 0 Å². The van der Waals surface area contributed by atoms with E-state index in [-0.39, 0.29) is 34.4 Å². The number of carbonyl (C=O) groups excluding carboxylic acids is 1. The van der Waals surface area contributed by atoms with Crippen molar-refractivity contribution in [2.45, 2.75) is 46.1 Å². The van der Waals surface area contributed by atoms with Gasteiger partial charge in [-0.2, -0.15) is 0 Å². The normalized spacial score (nSPS) is 32.0. The summed E-state index contributed by atoms with van der Waals surface area (Å²) >= 11 is 0. The number of fused-ring (bicyclic) bond motifs is 2. The zero-order valence-corrected chi connectivity index (χ0v) is 13.7. The molecule has 2 aliphatic rings. The van der Waals surface area contributed by atoms with Crippen LogP contribution in [0.15, 0.2) is 18.2 Å². The number of ether oxygens (including phenoxy) is 2. The highest BCUT2D eigenvalue weighted by Crippen LogP contribution is 2.66. The van der Waals surface area contributed by atoms with E-state index >= 15 is 0 Å². The Morgan fingerprint density at radius 3 is 2.59 bits per heavy atom. The van der Waals surface area contributed by atoms with E-state index in [9.17, 15) is 9.90 Å². The predicted molar refractivity (Wildman–Crippen MR) is 83.1 cm³/mol. The number of phenols is 1. The highest BCUT2D eigenvalue weighted by atomic mass is 16.5. The van der Waals surface area contributed by atoms with Crippen LogP contribution in [0.5, 0.6) is 11.5 Å². The van der Waals surface area contributed by atoms with Crippen molar-refractivity contribution in [2.75, 3.05) is 7.11 Å². The molecular formula is C18H24O4. The number of rotatable bonds is 3. The van der Waals surface area contributed by atoms with Crippen molar-refractivity contribution in [2.24, 2.45) is 16.7 Å². The van der Waals surface area contributed by atoms with E-state index in [1.807, 2.05) is 0 Å². The Hall–Kier alpha value is -1.71. The van der Waals surface area contributed by atoms with Gasteiger partial charge in [-0.15, -0.1) is 0 Å². The van der Waals surface area contributed by atoms with Crippen molar-refractivity contribution < 1.29 is 19.4 Å². The van der Waals surface area contributed by atoms with Gasteiger partial charge in [0.25, 0.3) is 0 Å². The average Bonchev–Trinajstić information content (AvgIpc) is 2.81. The molecule has 120 valence electrons. The molecule has 3 atom stereocenters. The molecule has 0 heterocycles. The molecule has 2 bridgehead atoms. The van der Waals surface area contributed by atoms with Gasteiger partial charge in [-0.05, 0) is 48.8 Å². The summed E-state index contributed by atoms with van der Waals surface area (Å²) in [4.78, 5) is 12.5. The Kier molecular flexibility index (Phi) is 3.38. The summed E-state index contributed by atoms with van der Waals surface area (Å²) in [5.74, 6) is 0.596. The summed E-state index contributed by atoms with van der Waals surface area (Å²) < 4.78 is 10.9. The van der Waals surface area contributed by atoms with Gasteiger partial charge in [0.2, 0.25) is 0 Å². The fourth-order valence-electron chi connectivity index (χ4n) is 4.31. The molecule has 1 N–H and O–H groups in total. The van der Waals surface area contributed by atoms with Gasteiger partial charge in [-0.1, -0.05) is 20.8 Å². The van der Waals surface area contributed by atoms with E-state index in [1.165, 1.54) is 25.7 Å². The van der Waals surface area contributed by atoms with Crippen molar-refractivity contribution in [1.82, 2.24) is 0 Å². The minimum absolute atomic E-state index is 0.0204. The first-order valence-electron chi connectivity index (χ1n) is 7.87. The molecule has 0 saturated heterocycles. The number of benzene rings is 1. The lowest BCUT2D eigenvalue weighted by molar-refractivity contribution is -0.0242. The molecule has 4 nitrogen and oxygen atoms in total. The number of esters is 1. The molecule has 2 fully saturated rings. The maximum Gasteiger partial charge on any atom is 0.338 e. The average molecular weight is 304 g/mol. The molecule has 1 aromatic rings. The highest BCUT2D eigenvalue weighted by Gasteiger charge is 2.62. The summed E-state index contributed by atoms with van der Waals surface area (Å²) in [5, 5.41) is 9.62. The zero-order valence-electron chi connectivity index (χ0n) is 13.7. The van der Waals surface area contributed by atoms with E-state index in [0.29, 0.717) is 11.5 Å². The number of hydrogen-bond donors (Lipinski definition) is 1. The van der Waals surface area contributed by atoms with Gasteiger partial charge in [0.1, 0.15) is 6.10 Å². The molecule has 0 aliphatic heterocycles. The van der Waals surface area contributed by atoms with Gasteiger partial charge in [0.05, 0.1) is 12.7 Å². The van der Waals surface area contributed by atoms with Crippen molar-refractivity contribution in [1.29, 1.82) is 0 Å². The van der Waals surface area contributed by atoms with Gasteiger partial charge >= 0.3 is 5.97 Å². The van der Waals surface area contributed by atoms with Crippen LogP contribution < -0.4 is 4.74 Å². The highest BCUT2D eigenvalue weighted by molar-refractivity contribution is 5.90. The predicted octanol–water partition coefficient (Wildman–Crippen LogP) is 3.77. The molecule has 2 saturated carbocycles. The zero-order chi connectivity index (χ0) is 16.1. The van der Waals surface area contributed by atoms with Crippen molar-refractivity contribution in [3.8, 4) is 11.5 Å². The van der Waals surface area contributed by atoms with Crippen LogP contribution in [0.25, 0.3) is 0 Å². The smallest absolute Gasteiger partial charge is 0.338 e. The van der Waals surface area contributed by atoms with E-state index in [4.69, 9.17) is 9.47 Å². The number of hydrogen-bond acceptors (Lipinski definition) is 4. The van der Waals surface area contributed by atoms with Gasteiger partial charge in [-0.3, -0.25) is 0 Å². The third-order valence-electron chi connectivity index (χ3n) is 6.38. The second-order valence-electron chi connectivity index (χ2n) is 7.39. The molecule has 22 heavy (non-hydrogen) atoms. The van der Waals surface area contributed by atoms with Crippen LogP contribution in [0.1, 0.15) is 50.4 Å². The quantitative estimate of drug-likeness (QED) is 0.864. The van der Waals surface area contributed by atoms with Gasteiger partial charge in [0.15, 0.2) is 11.5 Å². The van der Waals surface area contributed by atoms with E-state index in [0.717, 1.165) is 12.8 Å². The van der Waals surface area contributed by atoms with Crippen LogP contribution in [-0.2, 0) is 4.74 Å². The third-order valence-corrected chi connectivity index (χ3v) is 6.38. The standard InChI is InChI=1S/C18H24O4/c1-17(2)12-7-8-18(17,3)15(10-12)22-16(20)11-5-6-13(19)14(9-11)21-4/h5-6,9,12,15,19H,7-8,10H2,1-4H3/t12-,15+,18+/m1/s1. The summed E-state index contributed by atoms with van der Waals surface area (Å²) in [6.45, 7) is 6.83. The monoisotopic (exact) mass is 304 g/mol. The lowest BCUT2D eigenvalue weighted by atomic mass is 9.70. The lowest BCUT2D eigenvalue weighted by Crippen LogP contribution is -2.38. The minimum atomic E-state index is -0.340. The van der Waals surface area contributed by atoms with E-state index in [2.05, 4.69) is 20.8 Å². The number of methoxy groups -OCH3 is 1. The molecule has 4 heteroatoms. The Labute approximate surface area is 131 Å². The molecule has 0 amide bonds. The van der Waals surface area contributed by atoms with Gasteiger partial charge in [0, 0.05) is 5.41 Å². The molecule has 2 aliphatic carbocycles. The first-order valence-corrected chi connectivity index (χ1v) is 7.87. The largest absolute Gasteiger partial charge is 0.504 e. The fraction of sp³-hybridized carbons (Fsp3) is 0.611. The molecule has 0 unspecified atom stereocenters. The van der Waals surface area contributed by atoms with Crippen molar-refractivity contribution in [3.63, 3.8) is 0 Å². The topological polar surface area (TPSA) is 55.8 Å². The van der Waals surface area contributed by atoms with E-state index < -0.39 is 0 Å². The molecule has 0 spiro atoms.